The van der Waals surface area contributed by atoms with Gasteiger partial charge < -0.3 is 34.1 Å². The van der Waals surface area contributed by atoms with Crippen molar-refractivity contribution < 1.29 is 60.4 Å². The Morgan fingerprint density at radius 3 is 2.58 bits per heavy atom. The molecule has 1 fully saturated rings. The second kappa shape index (κ2) is 13.0. The third kappa shape index (κ3) is 6.91. The van der Waals surface area contributed by atoms with Crippen LogP contribution in [0.3, 0.4) is 0 Å². The number of aliphatic hydroxyl groups excluding tert-OH is 1. The van der Waals surface area contributed by atoms with Crippen LogP contribution in [0.1, 0.15) is 47.2 Å². The summed E-state index contributed by atoms with van der Waals surface area (Å²) in [4.78, 5) is 36.1. The number of piperidine rings is 1. The molecule has 3 rings (SSSR count). The maximum absolute atomic E-state index is 12.7. The summed E-state index contributed by atoms with van der Waals surface area (Å²) in [6.45, 7) is 11.9. The van der Waals surface area contributed by atoms with Crippen LogP contribution in [0.15, 0.2) is 24.8 Å². The van der Waals surface area contributed by atoms with Crippen molar-refractivity contribution in [2.24, 2.45) is 0 Å². The maximum atomic E-state index is 12.7. The van der Waals surface area contributed by atoms with Gasteiger partial charge in [-0.2, -0.15) is 6.42 Å². The minimum atomic E-state index is -0.835. The van der Waals surface area contributed by atoms with Crippen molar-refractivity contribution in [1.82, 2.24) is 10.2 Å². The summed E-state index contributed by atoms with van der Waals surface area (Å²) in [5.41, 5.74) is 3.02. The summed E-state index contributed by atoms with van der Waals surface area (Å²) >= 11 is 0. The first-order valence-electron chi connectivity index (χ1n) is 9.83. The first-order valence-corrected chi connectivity index (χ1v) is 9.83. The van der Waals surface area contributed by atoms with Crippen LogP contribution in [0.25, 0.3) is 5.70 Å². The van der Waals surface area contributed by atoms with Gasteiger partial charge in [-0.15, -0.1) is 0 Å². The van der Waals surface area contributed by atoms with Crippen molar-refractivity contribution in [1.29, 1.82) is 0 Å². The quantitative estimate of drug-likeness (QED) is 0.305. The maximum Gasteiger partial charge on any atom is 2.00 e. The number of hydrogen-bond acceptors (Lipinski definition) is 5. The fraction of sp³-hybridized carbons (Fsp3) is 0.409. The van der Waals surface area contributed by atoms with Gasteiger partial charge in [-0.1, -0.05) is 31.7 Å². The number of aliphatic hydroxyl groups is 1. The number of carboxylic acids is 1. The molecule has 1 saturated heterocycles. The molecule has 2 amide bonds. The Kier molecular flexibility index (Phi) is 11.5. The van der Waals surface area contributed by atoms with E-state index in [4.69, 9.17) is 5.11 Å². The number of aryl methyl sites for hydroxylation is 1. The molecule has 0 radical (unpaired) electrons. The topological polar surface area (TPSA) is 116 Å². The molecule has 9 heteroatoms. The van der Waals surface area contributed by atoms with Gasteiger partial charge in [0, 0.05) is 16.8 Å². The molecule has 2 aliphatic heterocycles. The zero-order chi connectivity index (χ0) is 22.3. The molecule has 1 aromatic carbocycles. The van der Waals surface area contributed by atoms with E-state index in [1.54, 1.807) is 6.07 Å². The van der Waals surface area contributed by atoms with Gasteiger partial charge in [-0.3, -0.25) is 19.3 Å². The normalized spacial score (nSPS) is 19.7. The molecule has 0 aromatic heterocycles. The number of hydrogen-bond donors (Lipinski definition) is 3. The van der Waals surface area contributed by atoms with Crippen molar-refractivity contribution in [2.45, 2.75) is 44.4 Å². The van der Waals surface area contributed by atoms with Gasteiger partial charge in [0.2, 0.25) is 5.91 Å². The van der Waals surface area contributed by atoms with Gasteiger partial charge >= 0.3 is 37.1 Å². The molecule has 166 valence electrons. The number of carboxylic acid groups (broad SMARTS) is 1. The van der Waals surface area contributed by atoms with Gasteiger partial charge in [0.05, 0.1) is 13.0 Å². The Morgan fingerprint density at radius 2 is 2.00 bits per heavy atom. The van der Waals surface area contributed by atoms with Crippen molar-refractivity contribution in [3.8, 4) is 0 Å². The van der Waals surface area contributed by atoms with Crippen LogP contribution in [0, 0.1) is 45.0 Å². The predicted molar refractivity (Wildman–Crippen MR) is 111 cm³/mol. The molecule has 2 unspecified atom stereocenters. The van der Waals surface area contributed by atoms with E-state index in [2.05, 4.69) is 30.5 Å². The Hall–Kier alpha value is -1.66. The summed E-state index contributed by atoms with van der Waals surface area (Å²) in [7, 11) is 0. The number of ether oxygens (including phenoxy) is 1. The number of rotatable bonds is 7. The van der Waals surface area contributed by atoms with E-state index in [1.807, 2.05) is 12.1 Å². The van der Waals surface area contributed by atoms with E-state index < -0.39 is 18.2 Å². The molecule has 3 N–H and O–H groups in total. The molecule has 2 atom stereocenters. The number of amides is 2. The van der Waals surface area contributed by atoms with E-state index in [-0.39, 0.29) is 56.0 Å². The second-order valence-corrected chi connectivity index (χ2v) is 6.94. The molecule has 2 heterocycles. The van der Waals surface area contributed by atoms with Crippen molar-refractivity contribution >= 4 is 23.5 Å². The number of nitrogens with zero attached hydrogens (tertiary/aromatic N) is 1. The van der Waals surface area contributed by atoms with Gasteiger partial charge in [-0.05, 0) is 24.5 Å². The van der Waals surface area contributed by atoms with E-state index in [0.29, 0.717) is 30.7 Å². The van der Waals surface area contributed by atoms with Crippen LogP contribution in [0.5, 0.6) is 0 Å². The van der Waals surface area contributed by atoms with Crippen molar-refractivity contribution in [3.05, 3.63) is 55.3 Å². The number of benzene rings is 1. The Morgan fingerprint density at radius 1 is 1.29 bits per heavy atom. The van der Waals surface area contributed by atoms with Crippen LogP contribution in [-0.4, -0.2) is 58.4 Å². The third-order valence-corrected chi connectivity index (χ3v) is 4.87. The van der Waals surface area contributed by atoms with Gasteiger partial charge in [-0.25, -0.2) is 0 Å². The summed E-state index contributed by atoms with van der Waals surface area (Å²) in [5, 5.41) is 20.0. The standard InChI is InChI=1S/C17H19N2O3.C5H9O3.U/c1-3-5-11-6-4-7-12-15(11)10(2)19(17(12)22)13-8-9-14(20)18-16(13)21;1-2-8-4-3-5(6)7;/h4,6-7,13-14,20H,1-3,5,8-9H2,(H,18,21);1-4H2,(H,6,7);/q2*-1;+2. The number of aliphatic carboxylic acids is 1. The molecule has 0 bridgehead atoms. The Balaban J connectivity index is 0.000000461. The minimum Gasteiger partial charge on any atom is -0.481 e. The van der Waals surface area contributed by atoms with Gasteiger partial charge in [0.15, 0.2) is 0 Å². The zero-order valence-electron chi connectivity index (χ0n) is 17.4. The number of fused-ring (bicyclic) bond motifs is 1. The third-order valence-electron chi connectivity index (χ3n) is 4.87. The monoisotopic (exact) mass is 654 g/mol. The van der Waals surface area contributed by atoms with Crippen molar-refractivity contribution in [3.63, 3.8) is 0 Å². The fourth-order valence-corrected chi connectivity index (χ4v) is 3.51. The van der Waals surface area contributed by atoms with E-state index in [1.165, 1.54) is 4.90 Å². The largest absolute Gasteiger partial charge is 2.00 e. The average Bonchev–Trinajstić information content (AvgIpc) is 2.94. The van der Waals surface area contributed by atoms with E-state index in [9.17, 15) is 19.5 Å². The number of carbonyl (C=O) groups is 3. The van der Waals surface area contributed by atoms with Crippen LogP contribution in [-0.2, 0) is 20.7 Å². The average molecular weight is 655 g/mol. The number of carbonyl (C=O) groups excluding carboxylic acids is 2. The molecular weight excluding hydrogens is 626 g/mol. The molecular formula is C22H28N2O6U. The Labute approximate surface area is 206 Å². The van der Waals surface area contributed by atoms with Crippen molar-refractivity contribution in [2.75, 3.05) is 13.2 Å². The van der Waals surface area contributed by atoms with E-state index >= 15 is 0 Å². The summed E-state index contributed by atoms with van der Waals surface area (Å²) in [6.07, 6.45) is 1.58. The summed E-state index contributed by atoms with van der Waals surface area (Å²) in [6, 6.07) is 4.98. The number of nitrogens with one attached hydrogen (secondary N) is 1. The first-order chi connectivity index (χ1) is 14.3. The first kappa shape index (κ1) is 27.4. The zero-order valence-corrected chi connectivity index (χ0v) is 21.6. The molecule has 0 spiro atoms. The predicted octanol–water partition coefficient (Wildman–Crippen LogP) is 1.79. The van der Waals surface area contributed by atoms with Crippen LogP contribution < -0.4 is 5.32 Å². The molecule has 2 aliphatic rings. The minimum absolute atomic E-state index is 0. The van der Waals surface area contributed by atoms with Crippen LogP contribution >= 0.6 is 0 Å². The van der Waals surface area contributed by atoms with Gasteiger partial charge in [0.25, 0.3) is 5.91 Å². The SMILES string of the molecule is C=C1c2c(CC[CH2-])cccc2C(=O)N1C1CCC(O)NC1=O.[CH2-]COCCC(=O)O.[U+2]. The summed E-state index contributed by atoms with van der Waals surface area (Å²) < 4.78 is 4.65. The van der Waals surface area contributed by atoms with Crippen LogP contribution in [0.4, 0.5) is 0 Å². The van der Waals surface area contributed by atoms with E-state index in [0.717, 1.165) is 24.0 Å². The fourth-order valence-electron chi connectivity index (χ4n) is 3.51. The molecule has 0 saturated carbocycles. The molecule has 31 heavy (non-hydrogen) atoms. The molecule has 8 nitrogen and oxygen atoms in total. The second-order valence-electron chi connectivity index (χ2n) is 6.94. The van der Waals surface area contributed by atoms with Crippen LogP contribution in [0.2, 0.25) is 0 Å². The molecule has 1 aromatic rings. The Bertz CT molecular complexity index is 813. The summed E-state index contributed by atoms with van der Waals surface area (Å²) in [5.74, 6) is -1.36. The smallest absolute Gasteiger partial charge is 0.481 e. The molecule has 0 aliphatic carbocycles. The van der Waals surface area contributed by atoms with Gasteiger partial charge in [0.1, 0.15) is 12.3 Å².